The standard InChI is InChI=1S/C17H21ClFN5O2.ClH/c1-8-6-22(7-9(8)5-20)15-12(19)4-11-14(13(15)18)23(10-2-3-10)17(26)24(21)16(11)25;/h4,8-10H,2-3,5-7,20-21H2,1H3;1H/t8-,9-;/m1./s1. The summed E-state index contributed by atoms with van der Waals surface area (Å²) in [6, 6.07) is 1.08. The highest BCUT2D eigenvalue weighted by molar-refractivity contribution is 6.38. The van der Waals surface area contributed by atoms with Gasteiger partial charge < -0.3 is 16.5 Å². The second-order valence-electron chi connectivity index (χ2n) is 7.35. The smallest absolute Gasteiger partial charge is 0.350 e. The van der Waals surface area contributed by atoms with E-state index in [0.29, 0.717) is 30.2 Å². The lowest BCUT2D eigenvalue weighted by atomic mass is 9.99. The van der Waals surface area contributed by atoms with Crippen LogP contribution in [-0.2, 0) is 0 Å². The number of benzene rings is 1. The Morgan fingerprint density at radius 1 is 1.30 bits per heavy atom. The van der Waals surface area contributed by atoms with E-state index < -0.39 is 17.1 Å². The number of halogens is 3. The molecule has 148 valence electrons. The van der Waals surface area contributed by atoms with Crippen molar-refractivity contribution in [1.29, 1.82) is 0 Å². The van der Waals surface area contributed by atoms with Crippen LogP contribution in [0.4, 0.5) is 10.1 Å². The van der Waals surface area contributed by atoms with Crippen molar-refractivity contribution in [1.82, 2.24) is 9.24 Å². The topological polar surface area (TPSA) is 99.3 Å². The number of nitrogens with zero attached hydrogens (tertiary/aromatic N) is 3. The fourth-order valence-electron chi connectivity index (χ4n) is 3.91. The van der Waals surface area contributed by atoms with Gasteiger partial charge in [0.15, 0.2) is 0 Å². The molecule has 2 heterocycles. The van der Waals surface area contributed by atoms with Crippen LogP contribution in [0.3, 0.4) is 0 Å². The minimum Gasteiger partial charge on any atom is -0.367 e. The molecule has 10 heteroatoms. The highest BCUT2D eigenvalue weighted by Crippen LogP contribution is 2.42. The molecular formula is C17H22Cl2FN5O2. The van der Waals surface area contributed by atoms with E-state index in [1.807, 2.05) is 4.90 Å². The van der Waals surface area contributed by atoms with Gasteiger partial charge in [0.05, 0.1) is 21.6 Å². The third kappa shape index (κ3) is 2.99. The molecule has 0 spiro atoms. The monoisotopic (exact) mass is 417 g/mol. The summed E-state index contributed by atoms with van der Waals surface area (Å²) < 4.78 is 16.9. The molecule has 1 aromatic heterocycles. The van der Waals surface area contributed by atoms with Crippen LogP contribution in [0.5, 0.6) is 0 Å². The van der Waals surface area contributed by atoms with Gasteiger partial charge in [-0.25, -0.2) is 9.18 Å². The van der Waals surface area contributed by atoms with Crippen molar-refractivity contribution in [2.75, 3.05) is 30.4 Å². The largest absolute Gasteiger partial charge is 0.367 e. The quantitative estimate of drug-likeness (QED) is 0.736. The van der Waals surface area contributed by atoms with Gasteiger partial charge in [-0.05, 0) is 37.3 Å². The number of hydrogen-bond donors (Lipinski definition) is 2. The lowest BCUT2D eigenvalue weighted by Gasteiger charge is -2.23. The number of anilines is 1. The van der Waals surface area contributed by atoms with Gasteiger partial charge in [-0.2, -0.15) is 4.68 Å². The number of hydrogen-bond acceptors (Lipinski definition) is 5. The number of fused-ring (bicyclic) bond motifs is 1. The molecule has 1 aromatic carbocycles. The van der Waals surface area contributed by atoms with E-state index in [0.717, 1.165) is 18.9 Å². The molecule has 1 aliphatic heterocycles. The zero-order chi connectivity index (χ0) is 18.7. The summed E-state index contributed by atoms with van der Waals surface area (Å²) in [5, 5.41) is 0.111. The molecule has 7 nitrogen and oxygen atoms in total. The average molecular weight is 418 g/mol. The predicted octanol–water partition coefficient (Wildman–Crippen LogP) is 1.46. The molecule has 4 rings (SSSR count). The van der Waals surface area contributed by atoms with Crippen molar-refractivity contribution in [3.8, 4) is 0 Å². The molecule has 1 aliphatic carbocycles. The second-order valence-corrected chi connectivity index (χ2v) is 7.73. The van der Waals surface area contributed by atoms with E-state index in [2.05, 4.69) is 6.92 Å². The number of rotatable bonds is 3. The summed E-state index contributed by atoms with van der Waals surface area (Å²) in [6.45, 7) is 3.78. The first-order valence-corrected chi connectivity index (χ1v) is 9.12. The van der Waals surface area contributed by atoms with Gasteiger partial charge in [-0.1, -0.05) is 18.5 Å². The Balaban J connectivity index is 0.00000210. The van der Waals surface area contributed by atoms with Crippen molar-refractivity contribution < 1.29 is 4.39 Å². The van der Waals surface area contributed by atoms with E-state index in [9.17, 15) is 14.0 Å². The zero-order valence-corrected chi connectivity index (χ0v) is 16.4. The van der Waals surface area contributed by atoms with Crippen molar-refractivity contribution in [3.05, 3.63) is 37.7 Å². The summed E-state index contributed by atoms with van der Waals surface area (Å²) in [6.07, 6.45) is 1.60. The van der Waals surface area contributed by atoms with Crippen LogP contribution in [0.15, 0.2) is 15.7 Å². The van der Waals surface area contributed by atoms with Crippen LogP contribution >= 0.6 is 24.0 Å². The third-order valence-electron chi connectivity index (χ3n) is 5.57. The SMILES string of the molecule is C[C@@H]1CN(c2c(F)cc3c(=O)n(N)c(=O)n(C4CC4)c3c2Cl)C[C@H]1CN.Cl. The van der Waals surface area contributed by atoms with Crippen LogP contribution in [0.25, 0.3) is 10.9 Å². The molecule has 2 atom stereocenters. The lowest BCUT2D eigenvalue weighted by molar-refractivity contribution is 0.463. The zero-order valence-electron chi connectivity index (χ0n) is 14.8. The predicted molar refractivity (Wildman–Crippen MR) is 107 cm³/mol. The highest BCUT2D eigenvalue weighted by atomic mass is 35.5. The van der Waals surface area contributed by atoms with Crippen LogP contribution in [0.2, 0.25) is 5.02 Å². The van der Waals surface area contributed by atoms with Gasteiger partial charge in [-0.3, -0.25) is 9.36 Å². The van der Waals surface area contributed by atoms with Crippen molar-refractivity contribution >= 4 is 40.6 Å². The Labute approximate surface area is 166 Å². The van der Waals surface area contributed by atoms with Crippen LogP contribution in [0, 0.1) is 17.7 Å². The van der Waals surface area contributed by atoms with Gasteiger partial charge in [0.2, 0.25) is 0 Å². The maximum atomic E-state index is 14.9. The molecule has 0 radical (unpaired) electrons. The van der Waals surface area contributed by atoms with Crippen molar-refractivity contribution in [2.45, 2.75) is 25.8 Å². The average Bonchev–Trinajstić information content (AvgIpc) is 3.37. The Morgan fingerprint density at radius 2 is 1.96 bits per heavy atom. The Kier molecular flexibility index (Phi) is 5.18. The molecule has 0 amide bonds. The van der Waals surface area contributed by atoms with E-state index in [1.165, 1.54) is 4.57 Å². The van der Waals surface area contributed by atoms with E-state index in [-0.39, 0.29) is 46.0 Å². The first-order chi connectivity index (χ1) is 12.3. The molecule has 1 saturated carbocycles. The fraction of sp³-hybridized carbons (Fsp3) is 0.529. The van der Waals surface area contributed by atoms with Crippen molar-refractivity contribution in [3.63, 3.8) is 0 Å². The molecule has 2 aliphatic rings. The molecule has 2 fully saturated rings. The first kappa shape index (κ1) is 20.0. The minimum atomic E-state index is -0.746. The molecule has 0 unspecified atom stereocenters. The summed E-state index contributed by atoms with van der Waals surface area (Å²) in [4.78, 5) is 26.8. The second kappa shape index (κ2) is 7.00. The van der Waals surface area contributed by atoms with Crippen molar-refractivity contribution in [2.24, 2.45) is 17.6 Å². The number of aromatic nitrogens is 2. The molecule has 27 heavy (non-hydrogen) atoms. The molecule has 1 saturated heterocycles. The molecular weight excluding hydrogens is 396 g/mol. The van der Waals surface area contributed by atoms with Crippen LogP contribution in [0.1, 0.15) is 25.8 Å². The Morgan fingerprint density at radius 3 is 2.52 bits per heavy atom. The van der Waals surface area contributed by atoms with E-state index in [1.54, 1.807) is 0 Å². The molecule has 0 bridgehead atoms. The maximum Gasteiger partial charge on any atom is 0.350 e. The van der Waals surface area contributed by atoms with Gasteiger partial charge >= 0.3 is 5.69 Å². The first-order valence-electron chi connectivity index (χ1n) is 8.74. The van der Waals surface area contributed by atoms with E-state index in [4.69, 9.17) is 23.2 Å². The van der Waals surface area contributed by atoms with Crippen LogP contribution < -0.4 is 27.7 Å². The Bertz CT molecular complexity index is 1020. The Hall–Kier alpha value is -1.77. The maximum absolute atomic E-state index is 14.9. The van der Waals surface area contributed by atoms with Gasteiger partial charge in [0.1, 0.15) is 5.82 Å². The molecule has 4 N–H and O–H groups in total. The summed E-state index contributed by atoms with van der Waals surface area (Å²) in [5.41, 5.74) is 4.93. The van der Waals surface area contributed by atoms with E-state index >= 15 is 0 Å². The lowest BCUT2D eigenvalue weighted by Crippen LogP contribution is -2.44. The molecule has 2 aromatic rings. The minimum absolute atomic E-state index is 0. The summed E-state index contributed by atoms with van der Waals surface area (Å²) >= 11 is 6.58. The summed E-state index contributed by atoms with van der Waals surface area (Å²) in [5.74, 6) is 5.56. The van der Waals surface area contributed by atoms with Gasteiger partial charge in [0, 0.05) is 19.1 Å². The third-order valence-corrected chi connectivity index (χ3v) is 5.93. The summed E-state index contributed by atoms with van der Waals surface area (Å²) in [7, 11) is 0. The number of nitrogens with two attached hydrogens (primary N) is 2. The normalized spacial score (nSPS) is 22.3. The van der Waals surface area contributed by atoms with Gasteiger partial charge in [-0.15, -0.1) is 12.4 Å². The highest BCUT2D eigenvalue weighted by Gasteiger charge is 2.34. The number of nitrogen functional groups attached to an aromatic ring is 1. The fourth-order valence-corrected chi connectivity index (χ4v) is 4.31. The van der Waals surface area contributed by atoms with Gasteiger partial charge in [0.25, 0.3) is 5.56 Å². The van der Waals surface area contributed by atoms with Crippen LogP contribution in [-0.4, -0.2) is 28.9 Å².